The van der Waals surface area contributed by atoms with Gasteiger partial charge in [-0.05, 0) is 31.1 Å². The van der Waals surface area contributed by atoms with Crippen molar-refractivity contribution in [3.63, 3.8) is 0 Å². The van der Waals surface area contributed by atoms with Crippen molar-refractivity contribution in [2.45, 2.75) is 70.2 Å². The van der Waals surface area contributed by atoms with E-state index in [0.29, 0.717) is 10.7 Å². The number of alkyl halides is 1. The van der Waals surface area contributed by atoms with Crippen LogP contribution in [0.15, 0.2) is 6.20 Å². The van der Waals surface area contributed by atoms with Crippen molar-refractivity contribution in [2.75, 3.05) is 0 Å². The highest BCUT2D eigenvalue weighted by Gasteiger charge is 2.40. The molecule has 3 atom stereocenters. The molecule has 4 heteroatoms. The second kappa shape index (κ2) is 5.94. The van der Waals surface area contributed by atoms with E-state index in [1.807, 2.05) is 6.20 Å². The van der Waals surface area contributed by atoms with Crippen LogP contribution in [0, 0.1) is 11.8 Å². The molecule has 1 aromatic rings. The van der Waals surface area contributed by atoms with Gasteiger partial charge in [0.2, 0.25) is 0 Å². The van der Waals surface area contributed by atoms with Crippen molar-refractivity contribution in [3.8, 4) is 0 Å². The Labute approximate surface area is 125 Å². The summed E-state index contributed by atoms with van der Waals surface area (Å²) in [5.74, 6) is 1.51. The van der Waals surface area contributed by atoms with Crippen LogP contribution < -0.4 is 0 Å². The minimum Gasteiger partial charge on any atom is -0.249 e. The van der Waals surface area contributed by atoms with Crippen LogP contribution in [0.5, 0.6) is 0 Å². The van der Waals surface area contributed by atoms with E-state index in [2.05, 4.69) is 58.6 Å². The van der Waals surface area contributed by atoms with Gasteiger partial charge in [-0.2, -0.15) is 0 Å². The molecule has 1 aromatic heterocycles. The SMILES string of the molecule is CCCn1nncc1C(C)(C)C1CCC(C)CC1Br. The van der Waals surface area contributed by atoms with Gasteiger partial charge in [0.25, 0.3) is 0 Å². The molecule has 1 fully saturated rings. The van der Waals surface area contributed by atoms with Crippen molar-refractivity contribution in [1.82, 2.24) is 15.0 Å². The topological polar surface area (TPSA) is 30.7 Å². The lowest BCUT2D eigenvalue weighted by Gasteiger charge is -2.42. The Balaban J connectivity index is 2.23. The summed E-state index contributed by atoms with van der Waals surface area (Å²) >= 11 is 3.93. The Kier molecular flexibility index (Phi) is 4.70. The second-order valence-electron chi connectivity index (χ2n) is 6.60. The molecule has 1 aliphatic carbocycles. The molecule has 1 saturated carbocycles. The van der Waals surface area contributed by atoms with Gasteiger partial charge in [0.1, 0.15) is 0 Å². The third-order valence-electron chi connectivity index (χ3n) is 4.67. The van der Waals surface area contributed by atoms with Crippen molar-refractivity contribution in [1.29, 1.82) is 0 Å². The first-order valence-corrected chi connectivity index (χ1v) is 8.41. The van der Waals surface area contributed by atoms with Gasteiger partial charge in [-0.1, -0.05) is 55.3 Å². The molecule has 0 aliphatic heterocycles. The molecule has 0 aromatic carbocycles. The maximum Gasteiger partial charge on any atom is 0.0730 e. The van der Waals surface area contributed by atoms with E-state index < -0.39 is 0 Å². The third kappa shape index (κ3) is 3.04. The molecule has 0 radical (unpaired) electrons. The first-order valence-electron chi connectivity index (χ1n) is 7.49. The lowest BCUT2D eigenvalue weighted by Crippen LogP contribution is -2.40. The first kappa shape index (κ1) is 15.0. The zero-order valence-corrected chi connectivity index (χ0v) is 14.2. The maximum atomic E-state index is 4.26. The standard InChI is InChI=1S/C15H26BrN3/c1-5-8-19-14(10-17-18-19)15(3,4)12-7-6-11(2)9-13(12)16/h10-13H,5-9H2,1-4H3. The summed E-state index contributed by atoms with van der Waals surface area (Å²) in [5, 5.41) is 8.40. The minimum atomic E-state index is 0.132. The zero-order valence-electron chi connectivity index (χ0n) is 12.6. The van der Waals surface area contributed by atoms with Gasteiger partial charge in [0.15, 0.2) is 0 Å². The van der Waals surface area contributed by atoms with Crippen LogP contribution in [0.25, 0.3) is 0 Å². The second-order valence-corrected chi connectivity index (χ2v) is 7.78. The fourth-order valence-corrected chi connectivity index (χ4v) is 5.01. The fourth-order valence-electron chi connectivity index (χ4n) is 3.45. The van der Waals surface area contributed by atoms with E-state index in [1.165, 1.54) is 25.0 Å². The van der Waals surface area contributed by atoms with Crippen molar-refractivity contribution < 1.29 is 0 Å². The van der Waals surface area contributed by atoms with E-state index in [9.17, 15) is 0 Å². The number of hydrogen-bond acceptors (Lipinski definition) is 2. The van der Waals surface area contributed by atoms with Gasteiger partial charge in [-0.3, -0.25) is 0 Å². The Morgan fingerprint density at radius 1 is 1.42 bits per heavy atom. The molecule has 2 rings (SSSR count). The molecule has 0 saturated heterocycles. The van der Waals surface area contributed by atoms with Gasteiger partial charge >= 0.3 is 0 Å². The summed E-state index contributed by atoms with van der Waals surface area (Å²) in [6.07, 6.45) is 6.98. The molecular weight excluding hydrogens is 302 g/mol. The predicted molar refractivity (Wildman–Crippen MR) is 82.6 cm³/mol. The van der Waals surface area contributed by atoms with Crippen LogP contribution in [-0.4, -0.2) is 19.8 Å². The fraction of sp³-hybridized carbons (Fsp3) is 0.867. The Morgan fingerprint density at radius 3 is 2.79 bits per heavy atom. The van der Waals surface area contributed by atoms with E-state index in [-0.39, 0.29) is 5.41 Å². The molecule has 0 N–H and O–H groups in total. The van der Waals surface area contributed by atoms with Crippen LogP contribution in [0.1, 0.15) is 59.1 Å². The molecule has 0 amide bonds. The van der Waals surface area contributed by atoms with E-state index in [0.717, 1.165) is 18.9 Å². The molecule has 108 valence electrons. The van der Waals surface area contributed by atoms with Gasteiger partial charge in [0, 0.05) is 16.8 Å². The highest BCUT2D eigenvalue weighted by atomic mass is 79.9. The molecule has 0 spiro atoms. The van der Waals surface area contributed by atoms with Crippen LogP contribution in [0.4, 0.5) is 0 Å². The number of aromatic nitrogens is 3. The van der Waals surface area contributed by atoms with Crippen molar-refractivity contribution in [2.24, 2.45) is 11.8 Å². The largest absolute Gasteiger partial charge is 0.249 e. The summed E-state index contributed by atoms with van der Waals surface area (Å²) in [7, 11) is 0. The average Bonchev–Trinajstić information content (AvgIpc) is 2.78. The average molecular weight is 328 g/mol. The number of halogens is 1. The number of hydrogen-bond donors (Lipinski definition) is 0. The van der Waals surface area contributed by atoms with Crippen LogP contribution in [0.3, 0.4) is 0 Å². The Bertz CT molecular complexity index is 413. The predicted octanol–water partition coefficient (Wildman–Crippen LogP) is 4.17. The van der Waals surface area contributed by atoms with Crippen LogP contribution in [-0.2, 0) is 12.0 Å². The summed E-state index contributed by atoms with van der Waals surface area (Å²) in [4.78, 5) is 0.608. The molecule has 1 aliphatic rings. The molecule has 19 heavy (non-hydrogen) atoms. The van der Waals surface area contributed by atoms with E-state index in [4.69, 9.17) is 0 Å². The summed E-state index contributed by atoms with van der Waals surface area (Å²) in [5.41, 5.74) is 1.42. The summed E-state index contributed by atoms with van der Waals surface area (Å²) < 4.78 is 2.09. The monoisotopic (exact) mass is 327 g/mol. The van der Waals surface area contributed by atoms with Gasteiger partial charge in [-0.25, -0.2) is 4.68 Å². The normalized spacial score (nSPS) is 28.6. The number of aryl methyl sites for hydroxylation is 1. The smallest absolute Gasteiger partial charge is 0.0730 e. The molecule has 3 unspecified atom stereocenters. The highest BCUT2D eigenvalue weighted by molar-refractivity contribution is 9.09. The van der Waals surface area contributed by atoms with Crippen molar-refractivity contribution in [3.05, 3.63) is 11.9 Å². The lowest BCUT2D eigenvalue weighted by atomic mass is 9.67. The zero-order chi connectivity index (χ0) is 14.0. The summed E-state index contributed by atoms with van der Waals surface area (Å²) in [6.45, 7) is 10.2. The number of rotatable bonds is 4. The van der Waals surface area contributed by atoms with E-state index in [1.54, 1.807) is 0 Å². The van der Waals surface area contributed by atoms with Crippen LogP contribution >= 0.6 is 15.9 Å². The maximum absolute atomic E-state index is 4.26. The molecule has 1 heterocycles. The molecule has 0 bridgehead atoms. The Hall–Kier alpha value is -0.380. The quantitative estimate of drug-likeness (QED) is 0.777. The molecule has 3 nitrogen and oxygen atoms in total. The third-order valence-corrected chi connectivity index (χ3v) is 5.69. The first-order chi connectivity index (χ1) is 8.96. The Morgan fingerprint density at radius 2 is 2.16 bits per heavy atom. The van der Waals surface area contributed by atoms with Gasteiger partial charge in [0.05, 0.1) is 11.9 Å². The van der Waals surface area contributed by atoms with Crippen LogP contribution in [0.2, 0.25) is 0 Å². The van der Waals surface area contributed by atoms with Crippen molar-refractivity contribution >= 4 is 15.9 Å². The van der Waals surface area contributed by atoms with Gasteiger partial charge < -0.3 is 0 Å². The minimum absolute atomic E-state index is 0.132. The number of nitrogens with zero attached hydrogens (tertiary/aromatic N) is 3. The lowest BCUT2D eigenvalue weighted by molar-refractivity contribution is 0.204. The van der Waals surface area contributed by atoms with E-state index >= 15 is 0 Å². The highest BCUT2D eigenvalue weighted by Crippen LogP contribution is 2.44. The summed E-state index contributed by atoms with van der Waals surface area (Å²) in [6, 6.07) is 0. The van der Waals surface area contributed by atoms with Gasteiger partial charge in [-0.15, -0.1) is 5.10 Å². The molecular formula is C15H26BrN3.